The van der Waals surface area contributed by atoms with Crippen molar-refractivity contribution in [3.8, 4) is 0 Å². The summed E-state index contributed by atoms with van der Waals surface area (Å²) in [6, 6.07) is -0.175. The molecule has 0 aromatic carbocycles. The Hall–Kier alpha value is -2.37. The molecule has 2 rings (SSSR count). The second-order valence-corrected chi connectivity index (χ2v) is 4.28. The summed E-state index contributed by atoms with van der Waals surface area (Å²) < 4.78 is 0. The summed E-state index contributed by atoms with van der Waals surface area (Å²) in [7, 11) is 0. The first-order chi connectivity index (χ1) is 9.13. The van der Waals surface area contributed by atoms with E-state index in [4.69, 9.17) is 5.11 Å². The highest BCUT2D eigenvalue weighted by Crippen LogP contribution is 2.21. The van der Waals surface area contributed by atoms with E-state index in [1.165, 1.54) is 6.20 Å². The van der Waals surface area contributed by atoms with E-state index in [2.05, 4.69) is 16.9 Å². The third kappa shape index (κ3) is 2.73. The van der Waals surface area contributed by atoms with E-state index in [-0.39, 0.29) is 11.6 Å². The van der Waals surface area contributed by atoms with Gasteiger partial charge < -0.3 is 15.3 Å². The third-order valence-electron chi connectivity index (χ3n) is 3.05. The van der Waals surface area contributed by atoms with Gasteiger partial charge in [0.25, 0.3) is 0 Å². The van der Waals surface area contributed by atoms with Crippen LogP contribution in [0.5, 0.6) is 0 Å². The number of aromatic carboxylic acids is 1. The molecular formula is C13H15N3O3. The summed E-state index contributed by atoms with van der Waals surface area (Å²) in [5.41, 5.74) is 1.79. The molecule has 0 unspecified atom stereocenters. The van der Waals surface area contributed by atoms with E-state index in [0.717, 1.165) is 11.1 Å². The highest BCUT2D eigenvalue weighted by Gasteiger charge is 2.24. The lowest BCUT2D eigenvalue weighted by Gasteiger charge is -2.29. The van der Waals surface area contributed by atoms with Gasteiger partial charge in [-0.2, -0.15) is 0 Å². The molecule has 0 saturated heterocycles. The van der Waals surface area contributed by atoms with Crippen molar-refractivity contribution in [2.75, 3.05) is 13.1 Å². The Kier molecular flexibility index (Phi) is 3.79. The van der Waals surface area contributed by atoms with E-state index in [1.54, 1.807) is 17.2 Å². The van der Waals surface area contributed by atoms with Crippen LogP contribution in [0.25, 0.3) is 0 Å². The van der Waals surface area contributed by atoms with Crippen molar-refractivity contribution < 1.29 is 14.7 Å². The molecule has 19 heavy (non-hydrogen) atoms. The molecule has 0 saturated carbocycles. The number of aromatic nitrogens is 1. The molecule has 1 aliphatic rings. The van der Waals surface area contributed by atoms with E-state index in [1.807, 2.05) is 0 Å². The number of rotatable bonds is 3. The lowest BCUT2D eigenvalue weighted by atomic mass is 9.97. The van der Waals surface area contributed by atoms with E-state index >= 15 is 0 Å². The quantitative estimate of drug-likeness (QED) is 0.796. The van der Waals surface area contributed by atoms with Gasteiger partial charge in [-0.15, -0.1) is 6.58 Å². The van der Waals surface area contributed by atoms with Crippen LogP contribution < -0.4 is 5.32 Å². The van der Waals surface area contributed by atoms with Gasteiger partial charge in [-0.05, 0) is 17.5 Å². The Labute approximate surface area is 110 Å². The minimum absolute atomic E-state index is 0.175. The number of fused-ring (bicyclic) bond motifs is 1. The summed E-state index contributed by atoms with van der Waals surface area (Å²) >= 11 is 0. The third-order valence-corrected chi connectivity index (χ3v) is 3.05. The van der Waals surface area contributed by atoms with Crippen LogP contribution in [-0.2, 0) is 13.0 Å². The first-order valence-electron chi connectivity index (χ1n) is 5.96. The number of carboxylic acid groups (broad SMARTS) is 1. The molecule has 2 amide bonds. The molecule has 6 nitrogen and oxygen atoms in total. The van der Waals surface area contributed by atoms with Crippen LogP contribution in [0.3, 0.4) is 0 Å². The van der Waals surface area contributed by atoms with E-state index in [0.29, 0.717) is 26.1 Å². The smallest absolute Gasteiger partial charge is 0.337 e. The van der Waals surface area contributed by atoms with Crippen LogP contribution >= 0.6 is 0 Å². The molecule has 1 aliphatic heterocycles. The summed E-state index contributed by atoms with van der Waals surface area (Å²) in [6.07, 6.45) is 5.12. The maximum Gasteiger partial charge on any atom is 0.337 e. The van der Waals surface area contributed by atoms with Gasteiger partial charge in [0.05, 0.1) is 5.56 Å². The molecule has 0 radical (unpaired) electrons. The highest BCUT2D eigenvalue weighted by molar-refractivity contribution is 5.89. The highest BCUT2D eigenvalue weighted by atomic mass is 16.4. The van der Waals surface area contributed by atoms with Crippen LogP contribution in [0.2, 0.25) is 0 Å². The maximum absolute atomic E-state index is 11.8. The molecule has 6 heteroatoms. The van der Waals surface area contributed by atoms with E-state index < -0.39 is 5.97 Å². The lowest BCUT2D eigenvalue weighted by Crippen LogP contribution is -2.43. The zero-order valence-electron chi connectivity index (χ0n) is 10.4. The minimum atomic E-state index is -0.978. The molecule has 0 fully saturated rings. The average molecular weight is 261 g/mol. The summed E-state index contributed by atoms with van der Waals surface area (Å²) in [5, 5.41) is 11.8. The number of nitrogens with one attached hydrogen (secondary N) is 1. The van der Waals surface area contributed by atoms with Crippen LogP contribution in [0.15, 0.2) is 25.0 Å². The second-order valence-electron chi connectivity index (χ2n) is 4.28. The number of carbonyl (C=O) groups excluding carboxylic acids is 1. The summed E-state index contributed by atoms with van der Waals surface area (Å²) in [5.74, 6) is -0.978. The average Bonchev–Trinajstić information content (AvgIpc) is 2.43. The van der Waals surface area contributed by atoms with Gasteiger partial charge in [0.2, 0.25) is 0 Å². The SMILES string of the molecule is C=CCNC(=O)N1CCc2c(cncc2C(=O)O)C1. The van der Waals surface area contributed by atoms with Crippen LogP contribution in [0, 0.1) is 0 Å². The van der Waals surface area contributed by atoms with Crippen molar-refractivity contribution >= 4 is 12.0 Å². The summed E-state index contributed by atoms with van der Waals surface area (Å²) in [4.78, 5) is 28.5. The fourth-order valence-electron chi connectivity index (χ4n) is 2.12. The molecule has 100 valence electrons. The Balaban J connectivity index is 2.16. The fraction of sp³-hybridized carbons (Fsp3) is 0.308. The van der Waals surface area contributed by atoms with Crippen molar-refractivity contribution in [3.05, 3.63) is 41.7 Å². The topological polar surface area (TPSA) is 82.5 Å². The first kappa shape index (κ1) is 13.1. The first-order valence-corrected chi connectivity index (χ1v) is 5.96. The number of carboxylic acids is 1. The van der Waals surface area contributed by atoms with Crippen LogP contribution in [-0.4, -0.2) is 40.1 Å². The molecular weight excluding hydrogens is 246 g/mol. The minimum Gasteiger partial charge on any atom is -0.478 e. The molecule has 0 bridgehead atoms. The largest absolute Gasteiger partial charge is 0.478 e. The van der Waals surface area contributed by atoms with Crippen molar-refractivity contribution in [2.45, 2.75) is 13.0 Å². The van der Waals surface area contributed by atoms with E-state index in [9.17, 15) is 9.59 Å². The van der Waals surface area contributed by atoms with Crippen molar-refractivity contribution in [1.82, 2.24) is 15.2 Å². The van der Waals surface area contributed by atoms with Gasteiger partial charge in [0.1, 0.15) is 0 Å². The Bertz CT molecular complexity index is 528. The molecule has 1 aromatic rings. The van der Waals surface area contributed by atoms with Gasteiger partial charge in [0, 0.05) is 32.0 Å². The van der Waals surface area contributed by atoms with Crippen molar-refractivity contribution in [3.63, 3.8) is 0 Å². The van der Waals surface area contributed by atoms with Crippen LogP contribution in [0.1, 0.15) is 21.5 Å². The number of nitrogens with zero attached hydrogens (tertiary/aromatic N) is 2. The van der Waals surface area contributed by atoms with Crippen molar-refractivity contribution in [2.24, 2.45) is 0 Å². The molecule has 0 atom stereocenters. The number of hydrogen-bond acceptors (Lipinski definition) is 3. The van der Waals surface area contributed by atoms with Gasteiger partial charge in [0.15, 0.2) is 0 Å². The number of carbonyl (C=O) groups is 2. The molecule has 1 aromatic heterocycles. The number of pyridine rings is 1. The molecule has 0 spiro atoms. The second kappa shape index (κ2) is 5.51. The summed E-state index contributed by atoms with van der Waals surface area (Å²) in [6.45, 7) is 4.83. The van der Waals surface area contributed by atoms with Gasteiger partial charge in [-0.3, -0.25) is 4.98 Å². The predicted octanol–water partition coefficient (Wildman–Crippen LogP) is 1.03. The Morgan fingerprint density at radius 2 is 2.32 bits per heavy atom. The molecule has 2 heterocycles. The number of urea groups is 1. The number of amides is 2. The standard InChI is InChI=1S/C13H15N3O3/c1-2-4-15-13(19)16-5-3-10-9(8-16)6-14-7-11(10)12(17)18/h2,6-7H,1,3-5,8H2,(H,15,19)(H,17,18). The van der Waals surface area contributed by atoms with Crippen LogP contribution in [0.4, 0.5) is 4.79 Å². The van der Waals surface area contributed by atoms with Gasteiger partial charge in [-0.1, -0.05) is 6.08 Å². The fourth-order valence-corrected chi connectivity index (χ4v) is 2.12. The predicted molar refractivity (Wildman–Crippen MR) is 68.9 cm³/mol. The molecule has 0 aliphatic carbocycles. The van der Waals surface area contributed by atoms with Crippen molar-refractivity contribution in [1.29, 1.82) is 0 Å². The Morgan fingerprint density at radius 3 is 3.00 bits per heavy atom. The zero-order chi connectivity index (χ0) is 13.8. The van der Waals surface area contributed by atoms with Gasteiger partial charge >= 0.3 is 12.0 Å². The van der Waals surface area contributed by atoms with Gasteiger partial charge in [-0.25, -0.2) is 9.59 Å². The monoisotopic (exact) mass is 261 g/mol. The zero-order valence-corrected chi connectivity index (χ0v) is 10.4. The normalized spacial score (nSPS) is 13.6. The molecule has 2 N–H and O–H groups in total. The maximum atomic E-state index is 11.8. The lowest BCUT2D eigenvalue weighted by molar-refractivity contribution is 0.0694. The number of hydrogen-bond donors (Lipinski definition) is 2. The Morgan fingerprint density at radius 1 is 1.53 bits per heavy atom.